The van der Waals surface area contributed by atoms with Gasteiger partial charge in [-0.1, -0.05) is 31.3 Å². The van der Waals surface area contributed by atoms with E-state index in [1.54, 1.807) is 0 Å². The number of piperidine rings is 1. The number of nitrogens with two attached hydrogens (primary N) is 1. The van der Waals surface area contributed by atoms with Crippen LogP contribution in [-0.4, -0.2) is 35.6 Å². The molecule has 1 rings (SSSR count). The van der Waals surface area contributed by atoms with Crippen LogP contribution in [0.5, 0.6) is 0 Å². The van der Waals surface area contributed by atoms with Crippen molar-refractivity contribution in [3.63, 3.8) is 0 Å². The molecule has 3 N–H and O–H groups in total. The predicted octanol–water partition coefficient (Wildman–Crippen LogP) is 2.03. The molecule has 0 spiro atoms. The van der Waals surface area contributed by atoms with Crippen molar-refractivity contribution in [1.29, 1.82) is 0 Å². The van der Waals surface area contributed by atoms with Crippen LogP contribution in [0.1, 0.15) is 45.4 Å². The Hall–Kier alpha value is -0.770. The smallest absolute Gasteiger partial charge is 0.142 e. The van der Waals surface area contributed by atoms with Gasteiger partial charge in [0.2, 0.25) is 0 Å². The molecule has 0 atom stereocenters. The molecule has 0 aliphatic carbocycles. The normalized spacial score (nSPS) is 20.2. The molecule has 4 nitrogen and oxygen atoms in total. The van der Waals surface area contributed by atoms with Crippen LogP contribution in [0, 0.1) is 5.92 Å². The molecule has 0 bridgehead atoms. The van der Waals surface area contributed by atoms with Gasteiger partial charge in [-0.2, -0.15) is 0 Å². The summed E-state index contributed by atoms with van der Waals surface area (Å²) in [6.07, 6.45) is 7.36. The summed E-state index contributed by atoms with van der Waals surface area (Å²) in [5.41, 5.74) is 5.61. The number of rotatable bonds is 6. The van der Waals surface area contributed by atoms with Crippen LogP contribution in [-0.2, 0) is 0 Å². The van der Waals surface area contributed by atoms with Crippen LogP contribution in [0.15, 0.2) is 5.16 Å². The van der Waals surface area contributed by atoms with Crippen LogP contribution < -0.4 is 5.73 Å². The summed E-state index contributed by atoms with van der Waals surface area (Å²) in [4.78, 5) is 2.50. The quantitative estimate of drug-likeness (QED) is 0.240. The maximum Gasteiger partial charge on any atom is 0.142 e. The van der Waals surface area contributed by atoms with Gasteiger partial charge in [-0.05, 0) is 38.9 Å². The standard InChI is InChI=1S/C12H25N3O/c1-2-3-4-5-8-15-9-6-11(7-10-15)12(13)14-16/h11,16H,2-10H2,1H3,(H2,13,14). The molecule has 1 aliphatic heterocycles. The van der Waals surface area contributed by atoms with Crippen molar-refractivity contribution >= 4 is 5.84 Å². The van der Waals surface area contributed by atoms with Crippen LogP contribution in [0.4, 0.5) is 0 Å². The molecule has 1 heterocycles. The molecule has 4 heteroatoms. The van der Waals surface area contributed by atoms with E-state index < -0.39 is 0 Å². The van der Waals surface area contributed by atoms with Crippen LogP contribution in [0.2, 0.25) is 0 Å². The maximum atomic E-state index is 8.60. The fourth-order valence-corrected chi connectivity index (χ4v) is 2.30. The maximum absolute atomic E-state index is 8.60. The zero-order valence-electron chi connectivity index (χ0n) is 10.4. The summed E-state index contributed by atoms with van der Waals surface area (Å²) in [5, 5.41) is 11.7. The van der Waals surface area contributed by atoms with Gasteiger partial charge < -0.3 is 15.8 Å². The van der Waals surface area contributed by atoms with Gasteiger partial charge in [-0.15, -0.1) is 0 Å². The number of hydrogen-bond acceptors (Lipinski definition) is 3. The number of hydrogen-bond donors (Lipinski definition) is 2. The number of nitrogens with zero attached hydrogens (tertiary/aromatic N) is 2. The lowest BCUT2D eigenvalue weighted by atomic mass is 9.95. The van der Waals surface area contributed by atoms with Crippen LogP contribution >= 0.6 is 0 Å². The number of likely N-dealkylation sites (tertiary alicyclic amines) is 1. The van der Waals surface area contributed by atoms with Gasteiger partial charge in [0.05, 0.1) is 0 Å². The second-order valence-corrected chi connectivity index (χ2v) is 4.70. The highest BCUT2D eigenvalue weighted by Gasteiger charge is 2.21. The van der Waals surface area contributed by atoms with Crippen molar-refractivity contribution < 1.29 is 5.21 Å². The van der Waals surface area contributed by atoms with E-state index in [0.29, 0.717) is 5.84 Å². The third kappa shape index (κ3) is 4.39. The van der Waals surface area contributed by atoms with Gasteiger partial charge in [0.25, 0.3) is 0 Å². The summed E-state index contributed by atoms with van der Waals surface area (Å²) in [7, 11) is 0. The highest BCUT2D eigenvalue weighted by molar-refractivity contribution is 5.82. The van der Waals surface area contributed by atoms with E-state index in [-0.39, 0.29) is 5.92 Å². The first-order valence-electron chi connectivity index (χ1n) is 6.47. The first kappa shape index (κ1) is 13.3. The molecule has 0 unspecified atom stereocenters. The number of unbranched alkanes of at least 4 members (excludes halogenated alkanes) is 3. The monoisotopic (exact) mass is 227 g/mol. The van der Waals surface area contributed by atoms with Crippen molar-refractivity contribution in [2.75, 3.05) is 19.6 Å². The molecule has 0 amide bonds. The second-order valence-electron chi connectivity index (χ2n) is 4.70. The van der Waals surface area contributed by atoms with Gasteiger partial charge in [0, 0.05) is 5.92 Å². The number of amidine groups is 1. The average molecular weight is 227 g/mol. The summed E-state index contributed by atoms with van der Waals surface area (Å²) in [6, 6.07) is 0. The van der Waals surface area contributed by atoms with Gasteiger partial charge >= 0.3 is 0 Å². The second kappa shape index (κ2) is 7.49. The molecular weight excluding hydrogens is 202 g/mol. The minimum absolute atomic E-state index is 0.289. The summed E-state index contributed by atoms with van der Waals surface area (Å²) < 4.78 is 0. The van der Waals surface area contributed by atoms with Gasteiger partial charge in [0.15, 0.2) is 0 Å². The molecule has 1 fully saturated rings. The molecule has 0 aromatic heterocycles. The van der Waals surface area contributed by atoms with Crippen molar-refractivity contribution in [2.45, 2.75) is 45.4 Å². The van der Waals surface area contributed by atoms with E-state index >= 15 is 0 Å². The first-order chi connectivity index (χ1) is 7.77. The largest absolute Gasteiger partial charge is 0.409 e. The van der Waals surface area contributed by atoms with Crippen molar-refractivity contribution in [3.05, 3.63) is 0 Å². The highest BCUT2D eigenvalue weighted by atomic mass is 16.4. The Kier molecular flexibility index (Phi) is 6.23. The Labute approximate surface area is 98.5 Å². The molecule has 1 saturated heterocycles. The fourth-order valence-electron chi connectivity index (χ4n) is 2.30. The van der Waals surface area contributed by atoms with E-state index in [9.17, 15) is 0 Å². The Morgan fingerprint density at radius 3 is 2.56 bits per heavy atom. The Balaban J connectivity index is 2.12. The number of oxime groups is 1. The van der Waals surface area contributed by atoms with Crippen LogP contribution in [0.3, 0.4) is 0 Å². The fraction of sp³-hybridized carbons (Fsp3) is 0.917. The van der Waals surface area contributed by atoms with Gasteiger partial charge in [-0.25, -0.2) is 0 Å². The molecule has 0 aromatic rings. The zero-order valence-corrected chi connectivity index (χ0v) is 10.4. The molecule has 0 radical (unpaired) electrons. The topological polar surface area (TPSA) is 61.8 Å². The van der Waals surface area contributed by atoms with Crippen molar-refractivity contribution in [1.82, 2.24) is 4.90 Å². The SMILES string of the molecule is CCCCCCN1CCC(C(N)=NO)CC1. The molecule has 0 aromatic carbocycles. The summed E-state index contributed by atoms with van der Waals surface area (Å²) in [5.74, 6) is 0.697. The zero-order chi connectivity index (χ0) is 11.8. The van der Waals surface area contributed by atoms with Crippen LogP contribution in [0.25, 0.3) is 0 Å². The predicted molar refractivity (Wildman–Crippen MR) is 66.7 cm³/mol. The van der Waals surface area contributed by atoms with Crippen molar-refractivity contribution in [2.24, 2.45) is 16.8 Å². The lowest BCUT2D eigenvalue weighted by Crippen LogP contribution is -2.39. The highest BCUT2D eigenvalue weighted by Crippen LogP contribution is 2.17. The Bertz CT molecular complexity index is 210. The van der Waals surface area contributed by atoms with E-state index in [1.165, 1.54) is 32.2 Å². The molecule has 94 valence electrons. The lowest BCUT2D eigenvalue weighted by molar-refractivity contribution is 0.202. The molecule has 16 heavy (non-hydrogen) atoms. The van der Waals surface area contributed by atoms with E-state index in [4.69, 9.17) is 10.9 Å². The van der Waals surface area contributed by atoms with E-state index in [2.05, 4.69) is 17.0 Å². The Morgan fingerprint density at radius 2 is 2.00 bits per heavy atom. The molecule has 1 aliphatic rings. The van der Waals surface area contributed by atoms with Gasteiger partial charge in [-0.3, -0.25) is 0 Å². The molecular formula is C12H25N3O. The molecule has 0 saturated carbocycles. The third-order valence-corrected chi connectivity index (χ3v) is 3.45. The minimum Gasteiger partial charge on any atom is -0.409 e. The lowest BCUT2D eigenvalue weighted by Gasteiger charge is -2.31. The summed E-state index contributed by atoms with van der Waals surface area (Å²) >= 11 is 0. The van der Waals surface area contributed by atoms with Gasteiger partial charge in [0.1, 0.15) is 5.84 Å². The van der Waals surface area contributed by atoms with E-state index in [1.807, 2.05) is 0 Å². The van der Waals surface area contributed by atoms with E-state index in [0.717, 1.165) is 25.9 Å². The Morgan fingerprint density at radius 1 is 1.31 bits per heavy atom. The van der Waals surface area contributed by atoms with Crippen molar-refractivity contribution in [3.8, 4) is 0 Å². The first-order valence-corrected chi connectivity index (χ1v) is 6.47. The average Bonchev–Trinajstić information content (AvgIpc) is 2.34. The third-order valence-electron chi connectivity index (χ3n) is 3.45. The summed E-state index contributed by atoms with van der Waals surface area (Å²) in [6.45, 7) is 5.63. The minimum atomic E-state index is 0.289.